The zero-order valence-electron chi connectivity index (χ0n) is 14.0. The standard InChI is InChI=1S/C15H32N4O2/c1-13(12-17-14(20)21-15(2,3)4)19-10-8-18(9-11-19)7-5-6-16/h13H,5-12,16H2,1-4H3,(H,17,20). The highest BCUT2D eigenvalue weighted by molar-refractivity contribution is 5.67. The van der Waals surface area contributed by atoms with Crippen molar-refractivity contribution in [1.29, 1.82) is 0 Å². The predicted octanol–water partition coefficient (Wildman–Crippen LogP) is 0.866. The largest absolute Gasteiger partial charge is 0.444 e. The lowest BCUT2D eigenvalue weighted by Crippen LogP contribution is -2.52. The molecule has 1 unspecified atom stereocenters. The highest BCUT2D eigenvalue weighted by Crippen LogP contribution is 2.08. The normalized spacial score (nSPS) is 19.3. The SMILES string of the molecule is CC(CNC(=O)OC(C)(C)C)N1CCN(CCCN)CC1. The first kappa shape index (κ1) is 18.2. The number of nitrogens with zero attached hydrogens (tertiary/aromatic N) is 2. The second-order valence-electron chi connectivity index (χ2n) is 6.75. The van der Waals surface area contributed by atoms with Crippen molar-refractivity contribution in [3.8, 4) is 0 Å². The molecule has 1 aliphatic heterocycles. The van der Waals surface area contributed by atoms with Gasteiger partial charge in [-0.05, 0) is 47.2 Å². The molecule has 1 fully saturated rings. The van der Waals surface area contributed by atoms with Crippen LogP contribution in [0.2, 0.25) is 0 Å². The van der Waals surface area contributed by atoms with Crippen LogP contribution in [0.4, 0.5) is 4.79 Å². The van der Waals surface area contributed by atoms with E-state index in [1.54, 1.807) is 0 Å². The lowest BCUT2D eigenvalue weighted by atomic mass is 10.2. The van der Waals surface area contributed by atoms with Crippen molar-refractivity contribution in [2.24, 2.45) is 5.73 Å². The van der Waals surface area contributed by atoms with Gasteiger partial charge in [-0.15, -0.1) is 0 Å². The van der Waals surface area contributed by atoms with E-state index in [-0.39, 0.29) is 6.09 Å². The van der Waals surface area contributed by atoms with Crippen molar-refractivity contribution in [1.82, 2.24) is 15.1 Å². The van der Waals surface area contributed by atoms with Crippen LogP contribution in [-0.2, 0) is 4.74 Å². The van der Waals surface area contributed by atoms with Gasteiger partial charge in [-0.3, -0.25) is 4.90 Å². The Morgan fingerprint density at radius 2 is 1.90 bits per heavy atom. The molecule has 6 heteroatoms. The monoisotopic (exact) mass is 300 g/mol. The van der Waals surface area contributed by atoms with E-state index in [9.17, 15) is 4.79 Å². The van der Waals surface area contributed by atoms with Crippen LogP contribution < -0.4 is 11.1 Å². The van der Waals surface area contributed by atoms with E-state index in [1.807, 2.05) is 20.8 Å². The van der Waals surface area contributed by atoms with E-state index in [0.717, 1.165) is 45.7 Å². The van der Waals surface area contributed by atoms with Gasteiger partial charge in [0.1, 0.15) is 5.60 Å². The molecule has 6 nitrogen and oxygen atoms in total. The van der Waals surface area contributed by atoms with Gasteiger partial charge >= 0.3 is 6.09 Å². The predicted molar refractivity (Wildman–Crippen MR) is 85.4 cm³/mol. The molecule has 124 valence electrons. The molecule has 0 bridgehead atoms. The summed E-state index contributed by atoms with van der Waals surface area (Å²) in [5.74, 6) is 0. The highest BCUT2D eigenvalue weighted by atomic mass is 16.6. The summed E-state index contributed by atoms with van der Waals surface area (Å²) >= 11 is 0. The molecule has 1 atom stereocenters. The van der Waals surface area contributed by atoms with E-state index in [4.69, 9.17) is 10.5 Å². The molecular weight excluding hydrogens is 268 g/mol. The van der Waals surface area contributed by atoms with Gasteiger partial charge in [0, 0.05) is 38.8 Å². The van der Waals surface area contributed by atoms with E-state index in [2.05, 4.69) is 22.0 Å². The van der Waals surface area contributed by atoms with Gasteiger partial charge in [0.25, 0.3) is 0 Å². The average Bonchev–Trinajstić information content (AvgIpc) is 2.41. The third-order valence-corrected chi connectivity index (χ3v) is 3.65. The minimum Gasteiger partial charge on any atom is -0.444 e. The maximum Gasteiger partial charge on any atom is 0.407 e. The maximum atomic E-state index is 11.6. The molecule has 3 N–H and O–H groups in total. The van der Waals surface area contributed by atoms with Crippen LogP contribution in [0.15, 0.2) is 0 Å². The summed E-state index contributed by atoms with van der Waals surface area (Å²) in [5.41, 5.74) is 5.10. The van der Waals surface area contributed by atoms with Gasteiger partial charge in [-0.2, -0.15) is 0 Å². The molecule has 0 radical (unpaired) electrons. The lowest BCUT2D eigenvalue weighted by molar-refractivity contribution is 0.0491. The Hall–Kier alpha value is -0.850. The van der Waals surface area contributed by atoms with E-state index >= 15 is 0 Å². The van der Waals surface area contributed by atoms with Crippen LogP contribution in [0.5, 0.6) is 0 Å². The number of hydrogen-bond donors (Lipinski definition) is 2. The van der Waals surface area contributed by atoms with Crippen LogP contribution in [-0.4, -0.2) is 73.3 Å². The number of nitrogens with two attached hydrogens (primary N) is 1. The first-order chi connectivity index (χ1) is 9.81. The second-order valence-corrected chi connectivity index (χ2v) is 6.75. The first-order valence-corrected chi connectivity index (χ1v) is 7.95. The molecule has 0 spiro atoms. The molecule has 1 amide bonds. The summed E-state index contributed by atoms with van der Waals surface area (Å²) in [7, 11) is 0. The fourth-order valence-electron chi connectivity index (χ4n) is 2.42. The Bertz CT molecular complexity index is 309. The van der Waals surface area contributed by atoms with Crippen molar-refractivity contribution in [2.45, 2.75) is 45.8 Å². The minimum atomic E-state index is -0.443. The zero-order chi connectivity index (χ0) is 15.9. The maximum absolute atomic E-state index is 11.6. The van der Waals surface area contributed by atoms with Crippen LogP contribution in [0.3, 0.4) is 0 Å². The lowest BCUT2D eigenvalue weighted by Gasteiger charge is -2.38. The van der Waals surface area contributed by atoms with Crippen molar-refractivity contribution >= 4 is 6.09 Å². The van der Waals surface area contributed by atoms with Crippen molar-refractivity contribution in [2.75, 3.05) is 45.8 Å². The Morgan fingerprint density at radius 1 is 1.29 bits per heavy atom. The first-order valence-electron chi connectivity index (χ1n) is 7.95. The fraction of sp³-hybridized carbons (Fsp3) is 0.933. The van der Waals surface area contributed by atoms with Crippen molar-refractivity contribution in [3.05, 3.63) is 0 Å². The highest BCUT2D eigenvalue weighted by Gasteiger charge is 2.22. The fourth-order valence-corrected chi connectivity index (χ4v) is 2.42. The molecule has 0 aromatic heterocycles. The summed E-state index contributed by atoms with van der Waals surface area (Å²) in [6.45, 7) is 14.5. The topological polar surface area (TPSA) is 70.8 Å². The van der Waals surface area contributed by atoms with Crippen LogP contribution >= 0.6 is 0 Å². The Balaban J connectivity index is 2.22. The smallest absolute Gasteiger partial charge is 0.407 e. The molecule has 0 aromatic carbocycles. The Kier molecular flexibility index (Phi) is 7.42. The molecule has 1 aliphatic rings. The number of alkyl carbamates (subject to hydrolysis) is 1. The molecule has 0 aliphatic carbocycles. The Morgan fingerprint density at radius 3 is 2.43 bits per heavy atom. The van der Waals surface area contributed by atoms with Gasteiger partial charge in [-0.1, -0.05) is 0 Å². The van der Waals surface area contributed by atoms with Crippen LogP contribution in [0, 0.1) is 0 Å². The zero-order valence-corrected chi connectivity index (χ0v) is 14.0. The quantitative estimate of drug-likeness (QED) is 0.761. The Labute approximate surface area is 129 Å². The van der Waals surface area contributed by atoms with Gasteiger partial charge in [0.2, 0.25) is 0 Å². The summed E-state index contributed by atoms with van der Waals surface area (Å²) in [5, 5.41) is 2.85. The summed E-state index contributed by atoms with van der Waals surface area (Å²) in [6, 6.07) is 0.328. The molecule has 0 saturated carbocycles. The molecule has 0 aromatic rings. The average molecular weight is 300 g/mol. The molecule has 1 saturated heterocycles. The van der Waals surface area contributed by atoms with Gasteiger partial charge < -0.3 is 20.7 Å². The number of hydrogen-bond acceptors (Lipinski definition) is 5. The third-order valence-electron chi connectivity index (χ3n) is 3.65. The van der Waals surface area contributed by atoms with E-state index in [0.29, 0.717) is 12.6 Å². The number of carbonyl (C=O) groups excluding carboxylic acids is 1. The van der Waals surface area contributed by atoms with E-state index < -0.39 is 5.60 Å². The second kappa shape index (κ2) is 8.56. The van der Waals surface area contributed by atoms with Gasteiger partial charge in [0.05, 0.1) is 0 Å². The van der Waals surface area contributed by atoms with Gasteiger partial charge in [0.15, 0.2) is 0 Å². The number of amides is 1. The van der Waals surface area contributed by atoms with Crippen LogP contribution in [0.25, 0.3) is 0 Å². The van der Waals surface area contributed by atoms with Crippen molar-refractivity contribution in [3.63, 3.8) is 0 Å². The molecule has 1 rings (SSSR count). The third kappa shape index (κ3) is 7.64. The number of rotatable bonds is 6. The number of nitrogens with one attached hydrogen (secondary N) is 1. The van der Waals surface area contributed by atoms with Crippen molar-refractivity contribution < 1.29 is 9.53 Å². The molecular formula is C15H32N4O2. The summed E-state index contributed by atoms with van der Waals surface area (Å²) in [4.78, 5) is 16.5. The summed E-state index contributed by atoms with van der Waals surface area (Å²) in [6.07, 6.45) is 0.728. The minimum absolute atomic E-state index is 0.328. The number of ether oxygens (including phenoxy) is 1. The summed E-state index contributed by atoms with van der Waals surface area (Å²) < 4.78 is 5.25. The number of carbonyl (C=O) groups is 1. The van der Waals surface area contributed by atoms with Gasteiger partial charge in [-0.25, -0.2) is 4.79 Å². The molecule has 1 heterocycles. The van der Waals surface area contributed by atoms with Crippen LogP contribution in [0.1, 0.15) is 34.1 Å². The number of piperazine rings is 1. The van der Waals surface area contributed by atoms with E-state index in [1.165, 1.54) is 0 Å². The molecule has 21 heavy (non-hydrogen) atoms.